The molecule has 0 radical (unpaired) electrons. The minimum Gasteiger partial charge on any atom is -0.333 e. The number of carbonyl (C=O) groups is 1. The number of hydrogen-bond donors (Lipinski definition) is 0. The van der Waals surface area contributed by atoms with Crippen LogP contribution in [-0.4, -0.2) is 22.3 Å². The van der Waals surface area contributed by atoms with Crippen molar-refractivity contribution in [1.29, 1.82) is 0 Å². The van der Waals surface area contributed by atoms with Crippen LogP contribution in [0.25, 0.3) is 11.1 Å². The van der Waals surface area contributed by atoms with Crippen molar-refractivity contribution in [2.24, 2.45) is 0 Å². The predicted octanol–water partition coefficient (Wildman–Crippen LogP) is 5.43. The Morgan fingerprint density at radius 1 is 1.26 bits per heavy atom. The Bertz CT molecular complexity index is 1030. The number of benzene rings is 1. The van der Waals surface area contributed by atoms with Gasteiger partial charge in [-0.25, -0.2) is 0 Å². The van der Waals surface area contributed by atoms with E-state index in [0.717, 1.165) is 26.0 Å². The van der Waals surface area contributed by atoms with Gasteiger partial charge < -0.3 is 4.90 Å². The summed E-state index contributed by atoms with van der Waals surface area (Å²) in [6.07, 6.45) is 3.19. The van der Waals surface area contributed by atoms with Gasteiger partial charge >= 0.3 is 0 Å². The normalized spacial score (nSPS) is 16.1. The van der Waals surface area contributed by atoms with Gasteiger partial charge in [-0.15, -0.1) is 11.3 Å². The number of pyridine rings is 1. The van der Waals surface area contributed by atoms with E-state index in [-0.39, 0.29) is 11.8 Å². The molecule has 0 saturated carbocycles. The molecule has 1 aliphatic heterocycles. The summed E-state index contributed by atoms with van der Waals surface area (Å²) >= 11 is 7.88. The summed E-state index contributed by atoms with van der Waals surface area (Å²) in [6, 6.07) is 14.5. The number of hydrogen-bond acceptors (Lipinski definition) is 3. The SMILES string of the molecule is C=CC(=O)N1Cc2sc(Cl)cc2[C@@H](c2ccccc2-c2cccnc2C)C1. The van der Waals surface area contributed by atoms with Crippen LogP contribution in [0.1, 0.15) is 27.6 Å². The minimum absolute atomic E-state index is 0.0507. The fraction of sp³-hybridized carbons (Fsp3) is 0.182. The number of fused-ring (bicyclic) bond motifs is 1. The van der Waals surface area contributed by atoms with Gasteiger partial charge in [0.2, 0.25) is 5.91 Å². The van der Waals surface area contributed by atoms with Gasteiger partial charge in [0, 0.05) is 34.8 Å². The number of carbonyl (C=O) groups excluding carboxylic acids is 1. The average Bonchev–Trinajstić information content (AvgIpc) is 3.07. The van der Waals surface area contributed by atoms with Gasteiger partial charge in [0.15, 0.2) is 0 Å². The van der Waals surface area contributed by atoms with Crippen LogP contribution in [0.15, 0.2) is 61.3 Å². The molecule has 0 spiro atoms. The smallest absolute Gasteiger partial charge is 0.246 e. The zero-order valence-corrected chi connectivity index (χ0v) is 16.6. The number of amides is 1. The lowest BCUT2D eigenvalue weighted by Crippen LogP contribution is -2.37. The van der Waals surface area contributed by atoms with E-state index in [0.29, 0.717) is 13.1 Å². The van der Waals surface area contributed by atoms with Gasteiger partial charge in [0.1, 0.15) is 0 Å². The molecular weight excluding hydrogens is 376 g/mol. The lowest BCUT2D eigenvalue weighted by Gasteiger charge is -2.33. The summed E-state index contributed by atoms with van der Waals surface area (Å²) in [7, 11) is 0. The van der Waals surface area contributed by atoms with Crippen LogP contribution in [0.4, 0.5) is 0 Å². The van der Waals surface area contributed by atoms with Crippen molar-refractivity contribution in [2.75, 3.05) is 6.54 Å². The summed E-state index contributed by atoms with van der Waals surface area (Å²) in [5, 5.41) is 0. The molecule has 2 aromatic heterocycles. The topological polar surface area (TPSA) is 33.2 Å². The van der Waals surface area contributed by atoms with Crippen molar-refractivity contribution < 1.29 is 4.79 Å². The van der Waals surface area contributed by atoms with Gasteiger partial charge in [-0.1, -0.05) is 48.5 Å². The average molecular weight is 395 g/mol. The monoisotopic (exact) mass is 394 g/mol. The van der Waals surface area contributed by atoms with E-state index in [4.69, 9.17) is 11.6 Å². The molecule has 1 aromatic carbocycles. The Balaban J connectivity index is 1.87. The first kappa shape index (κ1) is 18.0. The van der Waals surface area contributed by atoms with Gasteiger partial charge in [-0.2, -0.15) is 0 Å². The summed E-state index contributed by atoms with van der Waals surface area (Å²) in [5.74, 6) is 0.0161. The van der Waals surface area contributed by atoms with Gasteiger partial charge in [-0.05, 0) is 41.8 Å². The van der Waals surface area contributed by atoms with Gasteiger partial charge in [0.25, 0.3) is 0 Å². The van der Waals surface area contributed by atoms with E-state index in [1.54, 1.807) is 11.3 Å². The molecule has 4 rings (SSSR count). The second-order valence-electron chi connectivity index (χ2n) is 6.63. The molecule has 0 saturated heterocycles. The Hall–Kier alpha value is -2.43. The maximum absolute atomic E-state index is 12.3. The van der Waals surface area contributed by atoms with Crippen molar-refractivity contribution in [3.8, 4) is 11.1 Å². The fourth-order valence-corrected chi connectivity index (χ4v) is 5.12. The van der Waals surface area contributed by atoms with E-state index in [1.165, 1.54) is 17.2 Å². The zero-order chi connectivity index (χ0) is 19.0. The zero-order valence-electron chi connectivity index (χ0n) is 15.0. The second kappa shape index (κ2) is 7.29. The molecule has 0 aliphatic carbocycles. The van der Waals surface area contributed by atoms with Crippen molar-refractivity contribution in [3.05, 3.63) is 87.4 Å². The number of nitrogens with zero attached hydrogens (tertiary/aromatic N) is 2. The maximum Gasteiger partial charge on any atom is 0.246 e. The number of thiophene rings is 1. The van der Waals surface area contributed by atoms with E-state index in [1.807, 2.05) is 36.2 Å². The first-order valence-corrected chi connectivity index (χ1v) is 9.98. The Morgan fingerprint density at radius 2 is 2.04 bits per heavy atom. The Morgan fingerprint density at radius 3 is 2.81 bits per heavy atom. The number of rotatable bonds is 3. The Labute approximate surface area is 167 Å². The summed E-state index contributed by atoms with van der Waals surface area (Å²) < 4.78 is 0.757. The van der Waals surface area contributed by atoms with E-state index in [9.17, 15) is 4.79 Å². The molecule has 1 amide bonds. The van der Waals surface area contributed by atoms with Crippen LogP contribution < -0.4 is 0 Å². The van der Waals surface area contributed by atoms with E-state index >= 15 is 0 Å². The molecule has 5 heteroatoms. The second-order valence-corrected chi connectivity index (χ2v) is 8.40. The van der Waals surface area contributed by atoms with Crippen molar-refractivity contribution >= 4 is 28.8 Å². The third kappa shape index (κ3) is 3.31. The van der Waals surface area contributed by atoms with Gasteiger partial charge in [-0.3, -0.25) is 9.78 Å². The lowest BCUT2D eigenvalue weighted by atomic mass is 9.83. The molecule has 27 heavy (non-hydrogen) atoms. The molecule has 0 N–H and O–H groups in total. The molecule has 1 aliphatic rings. The molecule has 0 fully saturated rings. The summed E-state index contributed by atoms with van der Waals surface area (Å²) in [6.45, 7) is 6.87. The highest BCUT2D eigenvalue weighted by Crippen LogP contribution is 2.43. The van der Waals surface area contributed by atoms with E-state index < -0.39 is 0 Å². The van der Waals surface area contributed by atoms with Gasteiger partial charge in [0.05, 0.1) is 10.9 Å². The molecular formula is C22H19ClN2OS. The van der Waals surface area contributed by atoms with Crippen LogP contribution >= 0.6 is 22.9 Å². The first-order valence-electron chi connectivity index (χ1n) is 8.79. The summed E-state index contributed by atoms with van der Waals surface area (Å²) in [5.41, 5.74) is 5.65. The van der Waals surface area contributed by atoms with Crippen molar-refractivity contribution in [2.45, 2.75) is 19.4 Å². The highest BCUT2D eigenvalue weighted by Gasteiger charge is 2.31. The molecule has 0 unspecified atom stereocenters. The third-order valence-electron chi connectivity index (χ3n) is 5.04. The standard InChI is InChI=1S/C22H19ClN2OS/c1-3-22(26)25-12-19(18-11-21(23)27-20(18)13-25)17-8-5-4-7-16(17)15-9-6-10-24-14(15)2/h3-11,19H,1,12-13H2,2H3/t19-/m1/s1. The molecule has 0 bridgehead atoms. The van der Waals surface area contributed by atoms with Crippen LogP contribution in [0, 0.1) is 6.92 Å². The van der Waals surface area contributed by atoms with Crippen LogP contribution in [0.5, 0.6) is 0 Å². The number of halogens is 1. The minimum atomic E-state index is -0.0507. The molecule has 136 valence electrons. The molecule has 1 atom stereocenters. The molecule has 3 aromatic rings. The molecule has 3 nitrogen and oxygen atoms in total. The largest absolute Gasteiger partial charge is 0.333 e. The third-order valence-corrected chi connectivity index (χ3v) is 6.31. The Kier molecular flexibility index (Phi) is 4.85. The highest BCUT2D eigenvalue weighted by atomic mass is 35.5. The number of aromatic nitrogens is 1. The maximum atomic E-state index is 12.3. The van der Waals surface area contributed by atoms with Crippen LogP contribution in [-0.2, 0) is 11.3 Å². The summed E-state index contributed by atoms with van der Waals surface area (Å²) in [4.78, 5) is 19.8. The van der Waals surface area contributed by atoms with E-state index in [2.05, 4.69) is 35.8 Å². The predicted molar refractivity (Wildman–Crippen MR) is 111 cm³/mol. The van der Waals surface area contributed by atoms with Crippen molar-refractivity contribution in [3.63, 3.8) is 0 Å². The van der Waals surface area contributed by atoms with Crippen molar-refractivity contribution in [1.82, 2.24) is 9.88 Å². The van der Waals surface area contributed by atoms with Crippen LogP contribution in [0.3, 0.4) is 0 Å². The fourth-order valence-electron chi connectivity index (χ4n) is 3.76. The quantitative estimate of drug-likeness (QED) is 0.555. The first-order chi connectivity index (χ1) is 13.1. The molecule has 3 heterocycles. The highest BCUT2D eigenvalue weighted by molar-refractivity contribution is 7.16. The number of aryl methyl sites for hydroxylation is 1. The lowest BCUT2D eigenvalue weighted by molar-refractivity contribution is -0.127. The van der Waals surface area contributed by atoms with Crippen LogP contribution in [0.2, 0.25) is 4.34 Å².